The van der Waals surface area contributed by atoms with Crippen LogP contribution < -0.4 is 19.1 Å². The summed E-state index contributed by atoms with van der Waals surface area (Å²) in [5.41, 5.74) is 1.71. The molecular weight excluding hydrogens is 406 g/mol. The number of hydrogen-bond donors (Lipinski definition) is 0. The maximum atomic E-state index is 12.8. The molecule has 0 atom stereocenters. The SMILES string of the molecule is COc1ccc2c(c1)C(=O)N(CCN1CCN(c3ccccc3OC)CC1)CO2.Cl. The van der Waals surface area contributed by atoms with Crippen LogP contribution in [0, 0.1) is 0 Å². The van der Waals surface area contributed by atoms with Gasteiger partial charge in [-0.1, -0.05) is 12.1 Å². The second-order valence-electron chi connectivity index (χ2n) is 7.20. The fourth-order valence-corrected chi connectivity index (χ4v) is 3.84. The molecule has 2 aromatic carbocycles. The number of carbonyl (C=O) groups is 1. The van der Waals surface area contributed by atoms with Crippen LogP contribution >= 0.6 is 12.4 Å². The fraction of sp³-hybridized carbons (Fsp3) is 0.409. The van der Waals surface area contributed by atoms with Crippen molar-refractivity contribution in [3.05, 3.63) is 48.0 Å². The highest BCUT2D eigenvalue weighted by atomic mass is 35.5. The Hall–Kier alpha value is -2.64. The van der Waals surface area contributed by atoms with Crippen LogP contribution in [0.5, 0.6) is 17.2 Å². The lowest BCUT2D eigenvalue weighted by molar-refractivity contribution is 0.0487. The second-order valence-corrected chi connectivity index (χ2v) is 7.20. The summed E-state index contributed by atoms with van der Waals surface area (Å²) in [6, 6.07) is 13.5. The summed E-state index contributed by atoms with van der Waals surface area (Å²) in [7, 11) is 3.30. The zero-order valence-electron chi connectivity index (χ0n) is 17.4. The highest BCUT2D eigenvalue weighted by Crippen LogP contribution is 2.30. The number of benzene rings is 2. The van der Waals surface area contributed by atoms with Crippen LogP contribution in [0.2, 0.25) is 0 Å². The Bertz CT molecular complexity index is 871. The van der Waals surface area contributed by atoms with E-state index in [0.717, 1.165) is 44.2 Å². The molecular formula is C22H28ClN3O4. The number of nitrogens with zero attached hydrogens (tertiary/aromatic N) is 3. The number of carbonyl (C=O) groups excluding carboxylic acids is 1. The molecule has 0 aliphatic carbocycles. The van der Waals surface area contributed by atoms with Crippen LogP contribution in [0.3, 0.4) is 0 Å². The van der Waals surface area contributed by atoms with Crippen LogP contribution in [0.25, 0.3) is 0 Å². The molecule has 7 nitrogen and oxygen atoms in total. The van der Waals surface area contributed by atoms with E-state index in [9.17, 15) is 4.79 Å². The molecule has 0 radical (unpaired) electrons. The first-order valence-electron chi connectivity index (χ1n) is 9.90. The monoisotopic (exact) mass is 433 g/mol. The van der Waals surface area contributed by atoms with Gasteiger partial charge in [-0.3, -0.25) is 9.69 Å². The molecule has 0 unspecified atom stereocenters. The van der Waals surface area contributed by atoms with Gasteiger partial charge in [-0.05, 0) is 30.3 Å². The number of hydrogen-bond acceptors (Lipinski definition) is 6. The van der Waals surface area contributed by atoms with Gasteiger partial charge in [-0.2, -0.15) is 0 Å². The molecule has 2 aliphatic rings. The van der Waals surface area contributed by atoms with E-state index in [4.69, 9.17) is 14.2 Å². The molecule has 0 saturated carbocycles. The minimum absolute atomic E-state index is 0. The van der Waals surface area contributed by atoms with E-state index in [1.165, 1.54) is 0 Å². The number of para-hydroxylation sites is 2. The second kappa shape index (κ2) is 9.91. The van der Waals surface area contributed by atoms with Crippen molar-refractivity contribution < 1.29 is 19.0 Å². The maximum absolute atomic E-state index is 12.8. The molecule has 2 heterocycles. The normalized spacial score (nSPS) is 16.4. The summed E-state index contributed by atoms with van der Waals surface area (Å²) in [6.07, 6.45) is 0. The van der Waals surface area contributed by atoms with E-state index in [1.54, 1.807) is 31.3 Å². The third kappa shape index (κ3) is 4.57. The predicted molar refractivity (Wildman–Crippen MR) is 118 cm³/mol. The largest absolute Gasteiger partial charge is 0.497 e. The van der Waals surface area contributed by atoms with Crippen molar-refractivity contribution in [3.8, 4) is 17.2 Å². The lowest BCUT2D eigenvalue weighted by Gasteiger charge is -2.38. The van der Waals surface area contributed by atoms with Crippen LogP contribution in [0.4, 0.5) is 5.69 Å². The quantitative estimate of drug-likeness (QED) is 0.698. The smallest absolute Gasteiger partial charge is 0.260 e. The third-order valence-corrected chi connectivity index (χ3v) is 5.56. The highest BCUT2D eigenvalue weighted by molar-refractivity contribution is 5.98. The molecule has 162 valence electrons. The Morgan fingerprint density at radius 3 is 2.47 bits per heavy atom. The van der Waals surface area contributed by atoms with Gasteiger partial charge >= 0.3 is 0 Å². The lowest BCUT2D eigenvalue weighted by atomic mass is 10.1. The molecule has 2 aliphatic heterocycles. The summed E-state index contributed by atoms with van der Waals surface area (Å²) in [6.45, 7) is 5.53. The fourth-order valence-electron chi connectivity index (χ4n) is 3.84. The van der Waals surface area contributed by atoms with Gasteiger partial charge in [0.15, 0.2) is 6.73 Å². The topological polar surface area (TPSA) is 54.5 Å². The molecule has 4 rings (SSSR count). The van der Waals surface area contributed by atoms with Crippen LogP contribution in [0.15, 0.2) is 42.5 Å². The van der Waals surface area contributed by atoms with Crippen molar-refractivity contribution in [2.24, 2.45) is 0 Å². The number of rotatable bonds is 6. The predicted octanol–water partition coefficient (Wildman–Crippen LogP) is 2.74. The zero-order valence-corrected chi connectivity index (χ0v) is 18.2. The molecule has 0 bridgehead atoms. The molecule has 2 aromatic rings. The van der Waals surface area contributed by atoms with Crippen LogP contribution in [-0.2, 0) is 0 Å². The van der Waals surface area contributed by atoms with E-state index in [1.807, 2.05) is 24.3 Å². The first kappa shape index (κ1) is 22.1. The highest BCUT2D eigenvalue weighted by Gasteiger charge is 2.27. The van der Waals surface area contributed by atoms with Crippen molar-refractivity contribution >= 4 is 24.0 Å². The number of amides is 1. The van der Waals surface area contributed by atoms with E-state index >= 15 is 0 Å². The molecule has 0 aromatic heterocycles. The number of fused-ring (bicyclic) bond motifs is 1. The summed E-state index contributed by atoms with van der Waals surface area (Å²) in [4.78, 5) is 19.3. The first-order chi connectivity index (χ1) is 14.2. The Morgan fingerprint density at radius 2 is 1.73 bits per heavy atom. The van der Waals surface area contributed by atoms with Gasteiger partial charge in [0, 0.05) is 39.3 Å². The first-order valence-corrected chi connectivity index (χ1v) is 9.90. The van der Waals surface area contributed by atoms with Crippen LogP contribution in [0.1, 0.15) is 10.4 Å². The Morgan fingerprint density at radius 1 is 0.967 bits per heavy atom. The van der Waals surface area contributed by atoms with E-state index in [2.05, 4.69) is 15.9 Å². The van der Waals surface area contributed by atoms with E-state index in [0.29, 0.717) is 30.3 Å². The van der Waals surface area contributed by atoms with Crippen molar-refractivity contribution in [1.82, 2.24) is 9.80 Å². The lowest BCUT2D eigenvalue weighted by Crippen LogP contribution is -2.50. The number of methoxy groups -OCH3 is 2. The van der Waals surface area contributed by atoms with Gasteiger partial charge in [0.05, 0.1) is 25.5 Å². The Balaban J connectivity index is 0.00000256. The number of piperazine rings is 1. The van der Waals surface area contributed by atoms with E-state index in [-0.39, 0.29) is 18.3 Å². The summed E-state index contributed by atoms with van der Waals surface area (Å²) < 4.78 is 16.5. The summed E-state index contributed by atoms with van der Waals surface area (Å²) in [5.74, 6) is 2.19. The van der Waals surface area contributed by atoms with Crippen molar-refractivity contribution in [2.45, 2.75) is 0 Å². The minimum Gasteiger partial charge on any atom is -0.497 e. The van der Waals surface area contributed by atoms with Gasteiger partial charge in [0.2, 0.25) is 0 Å². The van der Waals surface area contributed by atoms with Gasteiger partial charge in [0.1, 0.15) is 17.2 Å². The standard InChI is InChI=1S/C22H27N3O4.ClH/c1-27-17-7-8-20-18(15-17)22(26)25(16-29-20)14-11-23-9-12-24(13-10-23)19-5-3-4-6-21(19)28-2;/h3-8,15H,9-14,16H2,1-2H3;1H. The van der Waals surface area contributed by atoms with Gasteiger partial charge < -0.3 is 24.0 Å². The minimum atomic E-state index is -0.00203. The van der Waals surface area contributed by atoms with Crippen molar-refractivity contribution in [3.63, 3.8) is 0 Å². The van der Waals surface area contributed by atoms with Crippen molar-refractivity contribution in [1.29, 1.82) is 0 Å². The van der Waals surface area contributed by atoms with Crippen molar-refractivity contribution in [2.75, 3.05) is 65.1 Å². The van der Waals surface area contributed by atoms with Gasteiger partial charge in [-0.15, -0.1) is 12.4 Å². The maximum Gasteiger partial charge on any atom is 0.260 e. The number of anilines is 1. The number of halogens is 1. The van der Waals surface area contributed by atoms with E-state index < -0.39 is 0 Å². The number of ether oxygens (including phenoxy) is 3. The molecule has 0 N–H and O–H groups in total. The molecule has 1 saturated heterocycles. The van der Waals surface area contributed by atoms with Gasteiger partial charge in [-0.25, -0.2) is 0 Å². The zero-order chi connectivity index (χ0) is 20.2. The van der Waals surface area contributed by atoms with Crippen LogP contribution in [-0.4, -0.2) is 75.9 Å². The molecule has 30 heavy (non-hydrogen) atoms. The summed E-state index contributed by atoms with van der Waals surface area (Å²) in [5, 5.41) is 0. The average Bonchev–Trinajstić information content (AvgIpc) is 2.79. The molecule has 1 fully saturated rings. The molecule has 8 heteroatoms. The Labute approximate surface area is 183 Å². The summed E-state index contributed by atoms with van der Waals surface area (Å²) >= 11 is 0. The third-order valence-electron chi connectivity index (χ3n) is 5.56. The Kier molecular flexibility index (Phi) is 7.29. The molecule has 0 spiro atoms. The van der Waals surface area contributed by atoms with Gasteiger partial charge in [0.25, 0.3) is 5.91 Å². The molecule has 1 amide bonds. The average molecular weight is 434 g/mol.